The van der Waals surface area contributed by atoms with Crippen LogP contribution in [0.1, 0.15) is 18.0 Å². The summed E-state index contributed by atoms with van der Waals surface area (Å²) in [7, 11) is 1.76. The molecule has 1 aliphatic rings. The standard InChI is InChI=1S/C11H14ClNO/c1-14-10-6-11(13-7-10)8-2-4-9(12)5-3-8/h2-5,10-11,13H,6-7H2,1H3. The van der Waals surface area contributed by atoms with E-state index in [1.165, 1.54) is 5.56 Å². The summed E-state index contributed by atoms with van der Waals surface area (Å²) >= 11 is 5.83. The Kier molecular flexibility index (Phi) is 3.06. The zero-order valence-corrected chi connectivity index (χ0v) is 8.92. The Bertz CT molecular complexity index is 299. The number of methoxy groups -OCH3 is 1. The van der Waals surface area contributed by atoms with Crippen LogP contribution in [0, 0.1) is 0 Å². The average molecular weight is 212 g/mol. The first-order chi connectivity index (χ1) is 6.79. The Balaban J connectivity index is 2.06. The highest BCUT2D eigenvalue weighted by Gasteiger charge is 2.24. The van der Waals surface area contributed by atoms with Crippen molar-refractivity contribution in [3.05, 3.63) is 34.9 Å². The number of ether oxygens (including phenoxy) is 1. The van der Waals surface area contributed by atoms with E-state index in [-0.39, 0.29) is 0 Å². The molecule has 2 rings (SSSR count). The predicted octanol–water partition coefficient (Wildman–Crippen LogP) is 2.39. The van der Waals surface area contributed by atoms with Gasteiger partial charge in [-0.05, 0) is 24.1 Å². The minimum atomic E-state index is 0.343. The van der Waals surface area contributed by atoms with E-state index in [0.29, 0.717) is 12.1 Å². The molecule has 0 aliphatic carbocycles. The minimum Gasteiger partial charge on any atom is -0.380 e. The van der Waals surface area contributed by atoms with Gasteiger partial charge in [-0.1, -0.05) is 23.7 Å². The van der Waals surface area contributed by atoms with Crippen molar-refractivity contribution in [3.63, 3.8) is 0 Å². The fourth-order valence-corrected chi connectivity index (χ4v) is 1.96. The van der Waals surface area contributed by atoms with Gasteiger partial charge in [0.2, 0.25) is 0 Å². The first-order valence-electron chi connectivity index (χ1n) is 4.81. The lowest BCUT2D eigenvalue weighted by molar-refractivity contribution is 0.117. The Morgan fingerprint density at radius 1 is 1.36 bits per heavy atom. The van der Waals surface area contributed by atoms with Gasteiger partial charge in [0.1, 0.15) is 0 Å². The third kappa shape index (κ3) is 2.08. The fraction of sp³-hybridized carbons (Fsp3) is 0.455. The van der Waals surface area contributed by atoms with E-state index in [1.807, 2.05) is 12.1 Å². The molecule has 0 spiro atoms. The molecule has 1 aliphatic heterocycles. The molecule has 14 heavy (non-hydrogen) atoms. The first kappa shape index (κ1) is 9.97. The Labute approximate surface area is 89.2 Å². The summed E-state index contributed by atoms with van der Waals surface area (Å²) < 4.78 is 5.30. The molecule has 1 N–H and O–H groups in total. The van der Waals surface area contributed by atoms with Gasteiger partial charge in [-0.3, -0.25) is 0 Å². The number of rotatable bonds is 2. The highest BCUT2D eigenvalue weighted by molar-refractivity contribution is 6.30. The van der Waals surface area contributed by atoms with E-state index in [2.05, 4.69) is 17.4 Å². The predicted molar refractivity (Wildman–Crippen MR) is 57.6 cm³/mol. The van der Waals surface area contributed by atoms with Gasteiger partial charge in [-0.25, -0.2) is 0 Å². The summed E-state index contributed by atoms with van der Waals surface area (Å²) in [5, 5.41) is 4.21. The summed E-state index contributed by atoms with van der Waals surface area (Å²) in [5.74, 6) is 0. The summed E-state index contributed by atoms with van der Waals surface area (Å²) in [6.45, 7) is 0.934. The molecule has 2 unspecified atom stereocenters. The molecule has 76 valence electrons. The topological polar surface area (TPSA) is 21.3 Å². The van der Waals surface area contributed by atoms with Crippen LogP contribution >= 0.6 is 11.6 Å². The van der Waals surface area contributed by atoms with Gasteiger partial charge in [0.25, 0.3) is 0 Å². The van der Waals surface area contributed by atoms with Crippen LogP contribution in [-0.4, -0.2) is 19.8 Å². The van der Waals surface area contributed by atoms with Gasteiger partial charge in [0.05, 0.1) is 6.10 Å². The highest BCUT2D eigenvalue weighted by Crippen LogP contribution is 2.25. The second kappa shape index (κ2) is 4.30. The Morgan fingerprint density at radius 2 is 2.07 bits per heavy atom. The van der Waals surface area contributed by atoms with E-state index >= 15 is 0 Å². The normalized spacial score (nSPS) is 26.7. The average Bonchev–Trinajstić information content (AvgIpc) is 2.67. The van der Waals surface area contributed by atoms with E-state index in [4.69, 9.17) is 16.3 Å². The van der Waals surface area contributed by atoms with Gasteiger partial charge in [0.15, 0.2) is 0 Å². The Hall–Kier alpha value is -0.570. The van der Waals surface area contributed by atoms with Crippen molar-refractivity contribution in [2.45, 2.75) is 18.6 Å². The SMILES string of the molecule is COC1CNC(c2ccc(Cl)cc2)C1. The third-order valence-electron chi connectivity index (χ3n) is 2.70. The van der Waals surface area contributed by atoms with Gasteiger partial charge in [-0.2, -0.15) is 0 Å². The van der Waals surface area contributed by atoms with Gasteiger partial charge in [-0.15, -0.1) is 0 Å². The molecule has 1 heterocycles. The molecule has 1 aromatic rings. The van der Waals surface area contributed by atoms with Crippen molar-refractivity contribution in [1.82, 2.24) is 5.32 Å². The van der Waals surface area contributed by atoms with Gasteiger partial charge in [0, 0.05) is 24.7 Å². The number of hydrogen-bond acceptors (Lipinski definition) is 2. The van der Waals surface area contributed by atoms with E-state index in [1.54, 1.807) is 7.11 Å². The van der Waals surface area contributed by atoms with Crippen molar-refractivity contribution in [3.8, 4) is 0 Å². The molecule has 3 heteroatoms. The van der Waals surface area contributed by atoms with Crippen LogP contribution in [0.4, 0.5) is 0 Å². The van der Waals surface area contributed by atoms with E-state index in [0.717, 1.165) is 18.0 Å². The van der Waals surface area contributed by atoms with Crippen molar-refractivity contribution in [1.29, 1.82) is 0 Å². The lowest BCUT2D eigenvalue weighted by Gasteiger charge is -2.10. The highest BCUT2D eigenvalue weighted by atomic mass is 35.5. The van der Waals surface area contributed by atoms with Crippen molar-refractivity contribution >= 4 is 11.6 Å². The van der Waals surface area contributed by atoms with E-state index < -0.39 is 0 Å². The number of nitrogens with one attached hydrogen (secondary N) is 1. The maximum absolute atomic E-state index is 5.83. The van der Waals surface area contributed by atoms with Crippen LogP contribution in [0.5, 0.6) is 0 Å². The maximum Gasteiger partial charge on any atom is 0.0714 e. The van der Waals surface area contributed by atoms with Crippen LogP contribution < -0.4 is 5.32 Å². The molecule has 0 bridgehead atoms. The lowest BCUT2D eigenvalue weighted by Crippen LogP contribution is -2.16. The van der Waals surface area contributed by atoms with E-state index in [9.17, 15) is 0 Å². The largest absolute Gasteiger partial charge is 0.380 e. The lowest BCUT2D eigenvalue weighted by atomic mass is 10.1. The molecular weight excluding hydrogens is 198 g/mol. The van der Waals surface area contributed by atoms with Crippen LogP contribution in [0.2, 0.25) is 5.02 Å². The smallest absolute Gasteiger partial charge is 0.0714 e. The summed E-state index contributed by atoms with van der Waals surface area (Å²) in [4.78, 5) is 0. The summed E-state index contributed by atoms with van der Waals surface area (Å²) in [6.07, 6.45) is 1.38. The molecule has 1 saturated heterocycles. The molecule has 2 nitrogen and oxygen atoms in total. The van der Waals surface area contributed by atoms with Crippen LogP contribution in [0.3, 0.4) is 0 Å². The second-order valence-electron chi connectivity index (χ2n) is 3.61. The van der Waals surface area contributed by atoms with Gasteiger partial charge >= 0.3 is 0 Å². The summed E-state index contributed by atoms with van der Waals surface area (Å²) in [6, 6.07) is 8.41. The van der Waals surface area contributed by atoms with Crippen LogP contribution in [-0.2, 0) is 4.74 Å². The van der Waals surface area contributed by atoms with Crippen molar-refractivity contribution in [2.24, 2.45) is 0 Å². The van der Waals surface area contributed by atoms with Crippen LogP contribution in [0.25, 0.3) is 0 Å². The molecule has 0 aromatic heterocycles. The molecule has 1 fully saturated rings. The maximum atomic E-state index is 5.83. The molecule has 2 atom stereocenters. The fourth-order valence-electron chi connectivity index (χ4n) is 1.83. The minimum absolute atomic E-state index is 0.343. The monoisotopic (exact) mass is 211 g/mol. The molecule has 0 radical (unpaired) electrons. The zero-order valence-electron chi connectivity index (χ0n) is 8.16. The molecule has 1 aromatic carbocycles. The van der Waals surface area contributed by atoms with Crippen molar-refractivity contribution in [2.75, 3.05) is 13.7 Å². The number of benzene rings is 1. The van der Waals surface area contributed by atoms with Crippen LogP contribution in [0.15, 0.2) is 24.3 Å². The number of halogens is 1. The quantitative estimate of drug-likeness (QED) is 0.811. The molecule has 0 saturated carbocycles. The second-order valence-corrected chi connectivity index (χ2v) is 4.04. The Morgan fingerprint density at radius 3 is 2.64 bits per heavy atom. The first-order valence-corrected chi connectivity index (χ1v) is 5.19. The van der Waals surface area contributed by atoms with Gasteiger partial charge < -0.3 is 10.1 Å². The van der Waals surface area contributed by atoms with Crippen molar-refractivity contribution < 1.29 is 4.74 Å². The zero-order chi connectivity index (χ0) is 9.97. The molecular formula is C11H14ClNO. The third-order valence-corrected chi connectivity index (χ3v) is 2.95. The number of hydrogen-bond donors (Lipinski definition) is 1. The molecule has 0 amide bonds. The summed E-state index contributed by atoms with van der Waals surface area (Å²) in [5.41, 5.74) is 1.29.